The molecule has 1 N–H and O–H groups in total. The van der Waals surface area contributed by atoms with E-state index in [0.29, 0.717) is 17.0 Å². The summed E-state index contributed by atoms with van der Waals surface area (Å²) < 4.78 is 0. The first-order valence-electron chi connectivity index (χ1n) is 10.3. The highest BCUT2D eigenvalue weighted by atomic mass is 35.5. The standard InChI is InChI=1S/C15H20ClN3O.C6H12/c16-13-11-12(2-7-17-13)19-9-5-15(6-10-19)3-1-14(20)18-8-4-15;1-2-4-6-5-3-1/h2,7,11H,1,3-6,8-10H2,(H,18,20);1-6H2. The van der Waals surface area contributed by atoms with E-state index in [-0.39, 0.29) is 5.91 Å². The number of piperidine rings is 1. The summed E-state index contributed by atoms with van der Waals surface area (Å²) in [5, 5.41) is 3.54. The number of hydrogen-bond acceptors (Lipinski definition) is 3. The zero-order valence-corrected chi connectivity index (χ0v) is 16.6. The Labute approximate surface area is 162 Å². The molecule has 26 heavy (non-hydrogen) atoms. The molecular formula is C21H32ClN3O. The molecule has 4 nitrogen and oxygen atoms in total. The summed E-state index contributed by atoms with van der Waals surface area (Å²) in [6.07, 6.45) is 15.9. The van der Waals surface area contributed by atoms with Gasteiger partial charge in [-0.2, -0.15) is 0 Å². The van der Waals surface area contributed by atoms with Crippen molar-refractivity contribution >= 4 is 23.2 Å². The Morgan fingerprint density at radius 3 is 2.27 bits per heavy atom. The molecule has 144 valence electrons. The van der Waals surface area contributed by atoms with Gasteiger partial charge in [0.05, 0.1) is 0 Å². The third-order valence-corrected chi connectivity index (χ3v) is 6.47. The van der Waals surface area contributed by atoms with Crippen LogP contribution in [0.1, 0.15) is 70.6 Å². The fourth-order valence-electron chi connectivity index (χ4n) is 4.45. The van der Waals surface area contributed by atoms with Gasteiger partial charge in [-0.05, 0) is 43.2 Å². The van der Waals surface area contributed by atoms with Gasteiger partial charge in [-0.3, -0.25) is 4.79 Å². The van der Waals surface area contributed by atoms with Crippen molar-refractivity contribution in [2.24, 2.45) is 5.41 Å². The van der Waals surface area contributed by atoms with Crippen LogP contribution in [0.25, 0.3) is 0 Å². The molecule has 1 amide bonds. The average Bonchev–Trinajstić information content (AvgIpc) is 2.86. The van der Waals surface area contributed by atoms with Gasteiger partial charge in [0.1, 0.15) is 5.15 Å². The van der Waals surface area contributed by atoms with Crippen molar-refractivity contribution in [3.63, 3.8) is 0 Å². The van der Waals surface area contributed by atoms with Gasteiger partial charge >= 0.3 is 0 Å². The summed E-state index contributed by atoms with van der Waals surface area (Å²) in [4.78, 5) is 17.9. The maximum Gasteiger partial charge on any atom is 0.220 e. The second kappa shape index (κ2) is 9.59. The number of amides is 1. The third-order valence-electron chi connectivity index (χ3n) is 6.26. The van der Waals surface area contributed by atoms with Gasteiger partial charge in [0.2, 0.25) is 5.91 Å². The number of carbonyl (C=O) groups excluding carboxylic acids is 1. The number of halogens is 1. The highest BCUT2D eigenvalue weighted by Crippen LogP contribution is 2.41. The number of carbonyl (C=O) groups is 1. The summed E-state index contributed by atoms with van der Waals surface area (Å²) in [6.45, 7) is 2.91. The number of hydrogen-bond donors (Lipinski definition) is 1. The molecule has 2 aliphatic heterocycles. The van der Waals surface area contributed by atoms with Crippen molar-refractivity contribution < 1.29 is 4.79 Å². The van der Waals surface area contributed by atoms with E-state index in [0.717, 1.165) is 51.0 Å². The molecule has 0 radical (unpaired) electrons. The molecule has 2 saturated heterocycles. The van der Waals surface area contributed by atoms with Crippen molar-refractivity contribution in [1.82, 2.24) is 10.3 Å². The molecule has 3 aliphatic rings. The second-order valence-corrected chi connectivity index (χ2v) is 8.43. The van der Waals surface area contributed by atoms with E-state index in [4.69, 9.17) is 11.6 Å². The largest absolute Gasteiger partial charge is 0.371 e. The first kappa shape index (κ1) is 19.5. The van der Waals surface area contributed by atoms with Gasteiger partial charge in [-0.1, -0.05) is 50.1 Å². The van der Waals surface area contributed by atoms with Gasteiger partial charge in [0, 0.05) is 37.9 Å². The topological polar surface area (TPSA) is 45.2 Å². The Bertz CT molecular complexity index is 569. The smallest absolute Gasteiger partial charge is 0.220 e. The third kappa shape index (κ3) is 5.60. The average molecular weight is 378 g/mol. The minimum Gasteiger partial charge on any atom is -0.371 e. The predicted molar refractivity (Wildman–Crippen MR) is 108 cm³/mol. The maximum atomic E-state index is 11.5. The predicted octanol–water partition coefficient (Wildman–Crippen LogP) is 4.96. The monoisotopic (exact) mass is 377 g/mol. The maximum absolute atomic E-state index is 11.5. The van der Waals surface area contributed by atoms with Gasteiger partial charge in [0.15, 0.2) is 0 Å². The Morgan fingerprint density at radius 1 is 1.00 bits per heavy atom. The lowest BCUT2D eigenvalue weighted by atomic mass is 9.73. The molecule has 1 aromatic rings. The Kier molecular flexibility index (Phi) is 7.18. The summed E-state index contributed by atoms with van der Waals surface area (Å²) in [6, 6.07) is 3.94. The Hall–Kier alpha value is -1.29. The molecule has 0 aromatic carbocycles. The van der Waals surface area contributed by atoms with E-state index in [2.05, 4.69) is 15.2 Å². The lowest BCUT2D eigenvalue weighted by molar-refractivity contribution is -0.120. The van der Waals surface area contributed by atoms with E-state index >= 15 is 0 Å². The lowest BCUT2D eigenvalue weighted by Crippen LogP contribution is -2.40. The molecule has 0 atom stereocenters. The normalized spacial score (nSPS) is 22.8. The minimum atomic E-state index is 0.213. The SMILES string of the molecule is C1CCCCC1.O=C1CCC2(CCN1)CCN(c1ccnc(Cl)c1)CC2. The molecule has 0 unspecified atom stereocenters. The molecular weight excluding hydrogens is 346 g/mol. The molecule has 3 fully saturated rings. The second-order valence-electron chi connectivity index (χ2n) is 8.05. The summed E-state index contributed by atoms with van der Waals surface area (Å²) in [5.74, 6) is 0.213. The zero-order valence-electron chi connectivity index (χ0n) is 15.8. The van der Waals surface area contributed by atoms with E-state index in [9.17, 15) is 4.79 Å². The minimum absolute atomic E-state index is 0.213. The highest BCUT2D eigenvalue weighted by Gasteiger charge is 2.36. The van der Waals surface area contributed by atoms with Crippen LogP contribution in [0, 0.1) is 5.41 Å². The van der Waals surface area contributed by atoms with Crippen LogP contribution in [-0.2, 0) is 4.79 Å². The highest BCUT2D eigenvalue weighted by molar-refractivity contribution is 6.29. The number of rotatable bonds is 1. The fraction of sp³-hybridized carbons (Fsp3) is 0.714. The first-order valence-corrected chi connectivity index (χ1v) is 10.7. The number of nitrogens with zero attached hydrogens (tertiary/aromatic N) is 2. The van der Waals surface area contributed by atoms with Crippen LogP contribution in [0.5, 0.6) is 0 Å². The molecule has 4 rings (SSSR count). The number of pyridine rings is 1. The van der Waals surface area contributed by atoms with Crippen molar-refractivity contribution in [3.05, 3.63) is 23.5 Å². The van der Waals surface area contributed by atoms with Crippen molar-refractivity contribution in [3.8, 4) is 0 Å². The zero-order chi connectivity index (χ0) is 18.2. The summed E-state index contributed by atoms with van der Waals surface area (Å²) in [7, 11) is 0. The first-order chi connectivity index (χ1) is 12.7. The van der Waals surface area contributed by atoms with Crippen LogP contribution in [-0.4, -0.2) is 30.5 Å². The number of aromatic nitrogens is 1. The van der Waals surface area contributed by atoms with E-state index in [1.807, 2.05) is 12.1 Å². The molecule has 1 saturated carbocycles. The Balaban J connectivity index is 0.000000278. The quantitative estimate of drug-likeness (QED) is 0.703. The van der Waals surface area contributed by atoms with Gasteiger partial charge in [-0.25, -0.2) is 4.98 Å². The van der Waals surface area contributed by atoms with E-state index in [1.165, 1.54) is 38.5 Å². The summed E-state index contributed by atoms with van der Waals surface area (Å²) >= 11 is 5.96. The van der Waals surface area contributed by atoms with Crippen molar-refractivity contribution in [1.29, 1.82) is 0 Å². The molecule has 1 aromatic heterocycles. The fourth-order valence-corrected chi connectivity index (χ4v) is 4.62. The molecule has 5 heteroatoms. The van der Waals surface area contributed by atoms with Crippen molar-refractivity contribution in [2.75, 3.05) is 24.5 Å². The number of anilines is 1. The van der Waals surface area contributed by atoms with Crippen LogP contribution in [0.3, 0.4) is 0 Å². The molecule has 1 aliphatic carbocycles. The van der Waals surface area contributed by atoms with Gasteiger partial charge in [0.25, 0.3) is 0 Å². The van der Waals surface area contributed by atoms with Gasteiger partial charge in [-0.15, -0.1) is 0 Å². The molecule has 0 bridgehead atoms. The van der Waals surface area contributed by atoms with Crippen LogP contribution in [0.4, 0.5) is 5.69 Å². The van der Waals surface area contributed by atoms with Crippen LogP contribution >= 0.6 is 11.6 Å². The lowest BCUT2D eigenvalue weighted by Gasteiger charge is -2.42. The van der Waals surface area contributed by atoms with Crippen LogP contribution < -0.4 is 10.2 Å². The van der Waals surface area contributed by atoms with Crippen molar-refractivity contribution in [2.45, 2.75) is 70.6 Å². The summed E-state index contributed by atoms with van der Waals surface area (Å²) in [5.41, 5.74) is 1.51. The molecule has 3 heterocycles. The van der Waals surface area contributed by atoms with E-state index < -0.39 is 0 Å². The molecule has 1 spiro atoms. The van der Waals surface area contributed by atoms with Gasteiger partial charge < -0.3 is 10.2 Å². The van der Waals surface area contributed by atoms with E-state index in [1.54, 1.807) is 6.20 Å². The van der Waals surface area contributed by atoms with Crippen LogP contribution in [0.15, 0.2) is 18.3 Å². The number of nitrogens with one attached hydrogen (secondary N) is 1. The van der Waals surface area contributed by atoms with Crippen LogP contribution in [0.2, 0.25) is 5.15 Å². The Morgan fingerprint density at radius 2 is 1.65 bits per heavy atom.